The Morgan fingerprint density at radius 2 is 0.857 bits per heavy atom. The number of aromatic nitrogens is 1. The van der Waals surface area contributed by atoms with E-state index in [1.54, 1.807) is 24.3 Å². The van der Waals surface area contributed by atoms with Crippen LogP contribution in [0.5, 0.6) is 0 Å². The van der Waals surface area contributed by atoms with E-state index < -0.39 is 5.92 Å². The molecule has 3 aromatic rings. The summed E-state index contributed by atoms with van der Waals surface area (Å²) in [5, 5.41) is 2.20. The highest BCUT2D eigenvalue weighted by molar-refractivity contribution is 6.42. The smallest absolute Gasteiger partial charge is 0.136 e. The number of rotatable bonds is 3. The molecule has 1 nitrogen and oxygen atoms in total. The third-order valence-electron chi connectivity index (χ3n) is 3.88. The summed E-state index contributed by atoms with van der Waals surface area (Å²) in [6.45, 7) is 0. The Bertz CT molecular complexity index is 875. The van der Waals surface area contributed by atoms with Crippen molar-refractivity contribution in [2.24, 2.45) is 0 Å². The highest BCUT2D eigenvalue weighted by atomic mass is 35.5. The lowest BCUT2D eigenvalue weighted by molar-refractivity contribution is 0.965. The van der Waals surface area contributed by atoms with Crippen molar-refractivity contribution in [3.63, 3.8) is 0 Å². The average molecular weight is 555 g/mol. The van der Waals surface area contributed by atoms with Gasteiger partial charge in [-0.3, -0.25) is 0 Å². The molecule has 3 rings (SSSR count). The van der Waals surface area contributed by atoms with Gasteiger partial charge in [-0.25, -0.2) is 4.98 Å². The van der Waals surface area contributed by atoms with Gasteiger partial charge in [0, 0.05) is 52.7 Å². The van der Waals surface area contributed by atoms with Crippen molar-refractivity contribution in [1.82, 2.24) is 4.98 Å². The Balaban J connectivity index is 2.45. The number of hydrogen-bond donors (Lipinski definition) is 0. The van der Waals surface area contributed by atoms with Crippen LogP contribution in [-0.4, -0.2) is 4.98 Å². The first kappa shape index (κ1) is 22.9. The number of pyridine rings is 1. The monoisotopic (exact) mass is 551 g/mol. The molecule has 28 heavy (non-hydrogen) atoms. The van der Waals surface area contributed by atoms with Gasteiger partial charge in [-0.15, -0.1) is 0 Å². The first-order valence-electron chi connectivity index (χ1n) is 7.40. The minimum Gasteiger partial charge on any atom is -0.224 e. The summed E-state index contributed by atoms with van der Waals surface area (Å²) in [5.41, 5.74) is 1.28. The van der Waals surface area contributed by atoms with Crippen LogP contribution in [0.2, 0.25) is 45.5 Å². The maximum atomic E-state index is 6.49. The molecule has 0 atom stereocenters. The third kappa shape index (κ3) is 4.59. The Hall–Kier alpha value is 0.200. The van der Waals surface area contributed by atoms with Crippen molar-refractivity contribution in [2.45, 2.75) is 5.92 Å². The topological polar surface area (TPSA) is 12.9 Å². The summed E-state index contributed by atoms with van der Waals surface area (Å²) in [6.07, 6.45) is 0. The van der Waals surface area contributed by atoms with Crippen molar-refractivity contribution >= 4 is 104 Å². The van der Waals surface area contributed by atoms with E-state index in [0.29, 0.717) is 26.7 Å². The lowest BCUT2D eigenvalue weighted by Gasteiger charge is -2.25. The van der Waals surface area contributed by atoms with Gasteiger partial charge in [-0.2, -0.15) is 0 Å². The van der Waals surface area contributed by atoms with Gasteiger partial charge in [0.1, 0.15) is 10.3 Å². The van der Waals surface area contributed by atoms with Crippen LogP contribution in [-0.2, 0) is 0 Å². The van der Waals surface area contributed by atoms with Crippen LogP contribution >= 0.6 is 104 Å². The second-order valence-electron chi connectivity index (χ2n) is 5.63. The van der Waals surface area contributed by atoms with E-state index in [1.165, 1.54) is 6.07 Å². The predicted molar refractivity (Wildman–Crippen MR) is 123 cm³/mol. The Labute approximate surface area is 206 Å². The van der Waals surface area contributed by atoms with Crippen LogP contribution in [0.25, 0.3) is 0 Å². The molecule has 0 bridgehead atoms. The molecule has 146 valence electrons. The highest BCUT2D eigenvalue weighted by Crippen LogP contribution is 2.49. The fraction of sp³-hybridized carbons (Fsp3) is 0.0556. The molecule has 0 aliphatic rings. The summed E-state index contributed by atoms with van der Waals surface area (Å²) in [4.78, 5) is 4.08. The Morgan fingerprint density at radius 3 is 1.21 bits per heavy atom. The van der Waals surface area contributed by atoms with Gasteiger partial charge in [-0.05, 0) is 30.3 Å². The number of hydrogen-bond acceptors (Lipinski definition) is 1. The highest BCUT2D eigenvalue weighted by Gasteiger charge is 2.31. The van der Waals surface area contributed by atoms with Crippen LogP contribution in [0.1, 0.15) is 22.6 Å². The number of benzene rings is 2. The maximum Gasteiger partial charge on any atom is 0.136 e. The van der Waals surface area contributed by atoms with Crippen molar-refractivity contribution in [3.05, 3.63) is 92.5 Å². The lowest BCUT2D eigenvalue weighted by atomic mass is 9.85. The third-order valence-corrected chi connectivity index (χ3v) is 6.37. The summed E-state index contributed by atoms with van der Waals surface area (Å²) in [5.74, 6) is -0.765. The molecule has 0 unspecified atom stereocenters. The van der Waals surface area contributed by atoms with Gasteiger partial charge in [0.05, 0.1) is 5.02 Å². The normalized spacial score (nSPS) is 11.4. The molecule has 0 amide bonds. The zero-order valence-electron chi connectivity index (χ0n) is 13.3. The molecule has 2 aromatic carbocycles. The van der Waals surface area contributed by atoms with Gasteiger partial charge < -0.3 is 0 Å². The van der Waals surface area contributed by atoms with Crippen LogP contribution in [0.4, 0.5) is 0 Å². The van der Waals surface area contributed by atoms with E-state index in [1.807, 2.05) is 0 Å². The van der Waals surface area contributed by atoms with Crippen LogP contribution in [0.3, 0.4) is 0 Å². The largest absolute Gasteiger partial charge is 0.224 e. The van der Waals surface area contributed by atoms with E-state index >= 15 is 0 Å². The zero-order chi connectivity index (χ0) is 20.7. The fourth-order valence-electron chi connectivity index (χ4n) is 2.82. The van der Waals surface area contributed by atoms with Gasteiger partial charge in [0.2, 0.25) is 0 Å². The molecule has 0 saturated heterocycles. The quantitative estimate of drug-likeness (QED) is 0.293. The Morgan fingerprint density at radius 1 is 0.500 bits per heavy atom. The molecular weight excluding hydrogens is 549 g/mol. The second-order valence-corrected chi connectivity index (χ2v) is 9.28. The van der Waals surface area contributed by atoms with Crippen LogP contribution in [0, 0.1) is 0 Å². The molecule has 1 heterocycles. The lowest BCUT2D eigenvalue weighted by Crippen LogP contribution is -2.09. The first-order chi connectivity index (χ1) is 13.1. The van der Waals surface area contributed by atoms with Crippen molar-refractivity contribution in [2.75, 3.05) is 0 Å². The van der Waals surface area contributed by atoms with Gasteiger partial charge >= 0.3 is 0 Å². The summed E-state index contributed by atoms with van der Waals surface area (Å²) >= 11 is 56.9. The molecular formula is C18H6Cl9N. The SMILES string of the molecule is Clc1cc(Cl)c(C(c2c(Cl)cc(Cl)cc2Cl)c2c(Cl)cc(Cl)nc2Cl)c(Cl)c1. The Kier molecular flexibility index (Phi) is 7.47. The van der Waals surface area contributed by atoms with Crippen molar-refractivity contribution in [1.29, 1.82) is 0 Å². The molecule has 0 aliphatic heterocycles. The molecule has 0 spiro atoms. The number of nitrogens with zero attached hydrogens (tertiary/aromatic N) is 1. The maximum absolute atomic E-state index is 6.49. The summed E-state index contributed by atoms with van der Waals surface area (Å²) in [7, 11) is 0. The first-order valence-corrected chi connectivity index (χ1v) is 10.8. The molecule has 0 radical (unpaired) electrons. The molecule has 0 saturated carbocycles. The molecule has 0 fully saturated rings. The predicted octanol–water partition coefficient (Wildman–Crippen LogP) is 10.1. The standard InChI is InChI=1S/C18H6Cl9N/c19-6-1-8(21)14(9(22)2-6)17(15-10(23)3-7(20)4-11(15)24)16-12(25)5-13(26)28-18(16)27/h1-5,17H. The van der Waals surface area contributed by atoms with Crippen molar-refractivity contribution < 1.29 is 0 Å². The molecule has 0 aliphatic carbocycles. The van der Waals surface area contributed by atoms with Crippen LogP contribution < -0.4 is 0 Å². The minimum absolute atomic E-state index is 0.0478. The summed E-state index contributed by atoms with van der Waals surface area (Å²) < 4.78 is 0. The fourth-order valence-corrected chi connectivity index (χ4v) is 5.83. The van der Waals surface area contributed by atoms with Gasteiger partial charge in [0.15, 0.2) is 0 Å². The number of halogens is 9. The molecule has 10 heteroatoms. The average Bonchev–Trinajstić information content (AvgIpc) is 2.51. The van der Waals surface area contributed by atoms with Gasteiger partial charge in [0.25, 0.3) is 0 Å². The van der Waals surface area contributed by atoms with Crippen molar-refractivity contribution in [3.8, 4) is 0 Å². The molecule has 1 aromatic heterocycles. The molecule has 0 N–H and O–H groups in total. The second kappa shape index (κ2) is 9.14. The van der Waals surface area contributed by atoms with E-state index in [-0.39, 0.29) is 35.4 Å². The van der Waals surface area contributed by atoms with E-state index in [9.17, 15) is 0 Å². The van der Waals surface area contributed by atoms with E-state index in [2.05, 4.69) is 4.98 Å². The van der Waals surface area contributed by atoms with Gasteiger partial charge in [-0.1, -0.05) is 104 Å². The zero-order valence-corrected chi connectivity index (χ0v) is 20.1. The van der Waals surface area contributed by atoms with Crippen LogP contribution in [0.15, 0.2) is 30.3 Å². The summed E-state index contributed by atoms with van der Waals surface area (Å²) in [6, 6.07) is 7.62. The van der Waals surface area contributed by atoms with E-state index in [4.69, 9.17) is 104 Å². The van der Waals surface area contributed by atoms with E-state index in [0.717, 1.165) is 0 Å². The minimum atomic E-state index is -0.765.